The molecule has 1 saturated heterocycles. The molecule has 1 fully saturated rings. The molecule has 0 radical (unpaired) electrons. The molecule has 0 atom stereocenters. The molecule has 0 spiro atoms. The Hall–Kier alpha value is -1.39. The first-order valence-corrected chi connectivity index (χ1v) is 6.77. The second-order valence-electron chi connectivity index (χ2n) is 5.70. The lowest BCUT2D eigenvalue weighted by Gasteiger charge is -2.41. The fourth-order valence-corrected chi connectivity index (χ4v) is 2.49. The third-order valence-corrected chi connectivity index (χ3v) is 4.02. The number of benzene rings is 1. The van der Waals surface area contributed by atoms with Crippen LogP contribution in [0.5, 0.6) is 0 Å². The van der Waals surface area contributed by atoms with Gasteiger partial charge in [0, 0.05) is 26.2 Å². The summed E-state index contributed by atoms with van der Waals surface area (Å²) in [6.45, 7) is 9.04. The van der Waals surface area contributed by atoms with Crippen LogP contribution in [0.25, 0.3) is 0 Å². The maximum absolute atomic E-state index is 11.9. The maximum Gasteiger partial charge on any atom is 0.240 e. The molecule has 4 nitrogen and oxygen atoms in total. The number of hydrogen-bond acceptors (Lipinski definition) is 3. The fourth-order valence-electron chi connectivity index (χ4n) is 2.49. The average molecular weight is 261 g/mol. The highest BCUT2D eigenvalue weighted by molar-refractivity contribution is 5.86. The van der Waals surface area contributed by atoms with E-state index < -0.39 is 5.54 Å². The Balaban J connectivity index is 2.18. The van der Waals surface area contributed by atoms with Gasteiger partial charge in [-0.25, -0.2) is 0 Å². The fraction of sp³-hybridized carbons (Fsp3) is 0.533. The minimum absolute atomic E-state index is 0.106. The van der Waals surface area contributed by atoms with Crippen molar-refractivity contribution in [3.63, 3.8) is 0 Å². The van der Waals surface area contributed by atoms with Crippen molar-refractivity contribution < 1.29 is 4.79 Å². The Morgan fingerprint density at radius 1 is 1.42 bits per heavy atom. The number of piperazine rings is 1. The van der Waals surface area contributed by atoms with E-state index in [1.807, 2.05) is 13.8 Å². The van der Waals surface area contributed by atoms with Crippen molar-refractivity contribution in [3.05, 3.63) is 34.9 Å². The van der Waals surface area contributed by atoms with Gasteiger partial charge in [0.25, 0.3) is 0 Å². The van der Waals surface area contributed by atoms with Crippen molar-refractivity contribution >= 4 is 5.91 Å². The maximum atomic E-state index is 11.9. The molecule has 0 bridgehead atoms. The summed E-state index contributed by atoms with van der Waals surface area (Å²) in [5.74, 6) is 0.106. The molecule has 1 aliphatic heterocycles. The molecular weight excluding hydrogens is 238 g/mol. The molecule has 1 aromatic carbocycles. The number of rotatable bonds is 3. The third kappa shape index (κ3) is 2.80. The van der Waals surface area contributed by atoms with Crippen LogP contribution >= 0.6 is 0 Å². The van der Waals surface area contributed by atoms with Crippen LogP contribution < -0.4 is 11.1 Å². The number of nitrogens with zero attached hydrogens (tertiary/aromatic N) is 1. The molecular formula is C15H23N3O. The van der Waals surface area contributed by atoms with Crippen molar-refractivity contribution in [2.75, 3.05) is 13.1 Å². The smallest absolute Gasteiger partial charge is 0.240 e. The van der Waals surface area contributed by atoms with Crippen molar-refractivity contribution in [2.24, 2.45) is 5.73 Å². The second-order valence-corrected chi connectivity index (χ2v) is 5.70. The number of nitrogens with one attached hydrogen (secondary N) is 1. The SMILES string of the molecule is Cc1cc(CN)ccc1CN1CCNC(=O)C1(C)C. The quantitative estimate of drug-likeness (QED) is 0.858. The molecule has 0 unspecified atom stereocenters. The van der Waals surface area contributed by atoms with E-state index in [2.05, 4.69) is 35.3 Å². The van der Waals surface area contributed by atoms with Gasteiger partial charge < -0.3 is 11.1 Å². The van der Waals surface area contributed by atoms with Gasteiger partial charge in [-0.15, -0.1) is 0 Å². The lowest BCUT2D eigenvalue weighted by molar-refractivity contribution is -0.135. The second kappa shape index (κ2) is 5.31. The van der Waals surface area contributed by atoms with Gasteiger partial charge >= 0.3 is 0 Å². The first kappa shape index (κ1) is 14.0. The van der Waals surface area contributed by atoms with Crippen molar-refractivity contribution in [1.29, 1.82) is 0 Å². The number of aryl methyl sites for hydroxylation is 1. The van der Waals surface area contributed by atoms with Gasteiger partial charge in [-0.1, -0.05) is 18.2 Å². The molecule has 2 rings (SSSR count). The minimum Gasteiger partial charge on any atom is -0.353 e. The molecule has 0 aliphatic carbocycles. The minimum atomic E-state index is -0.447. The van der Waals surface area contributed by atoms with Crippen LogP contribution in [0.2, 0.25) is 0 Å². The molecule has 1 aliphatic rings. The van der Waals surface area contributed by atoms with Crippen LogP contribution in [-0.2, 0) is 17.9 Å². The zero-order valence-electron chi connectivity index (χ0n) is 12.0. The van der Waals surface area contributed by atoms with E-state index in [0.29, 0.717) is 6.54 Å². The average Bonchev–Trinajstić information content (AvgIpc) is 2.37. The Morgan fingerprint density at radius 3 is 2.79 bits per heavy atom. The number of carbonyl (C=O) groups is 1. The predicted octanol–water partition coefficient (Wildman–Crippen LogP) is 1.16. The molecule has 1 amide bonds. The Kier molecular flexibility index (Phi) is 3.92. The highest BCUT2D eigenvalue weighted by Crippen LogP contribution is 2.22. The molecule has 3 N–H and O–H groups in total. The van der Waals surface area contributed by atoms with Gasteiger partial charge in [-0.2, -0.15) is 0 Å². The first-order valence-electron chi connectivity index (χ1n) is 6.77. The zero-order chi connectivity index (χ0) is 14.0. The van der Waals surface area contributed by atoms with E-state index in [0.717, 1.165) is 25.2 Å². The Labute approximate surface area is 115 Å². The summed E-state index contributed by atoms with van der Waals surface area (Å²) >= 11 is 0. The molecule has 104 valence electrons. The summed E-state index contributed by atoms with van der Waals surface area (Å²) in [5.41, 5.74) is 8.86. The predicted molar refractivity (Wildman–Crippen MR) is 76.6 cm³/mol. The standard InChI is InChI=1S/C15H23N3O/c1-11-8-12(9-16)4-5-13(11)10-18-7-6-17-14(19)15(18,2)3/h4-5,8H,6-7,9-10,16H2,1-3H3,(H,17,19). The lowest BCUT2D eigenvalue weighted by atomic mass is 9.96. The molecule has 19 heavy (non-hydrogen) atoms. The Morgan fingerprint density at radius 2 is 2.16 bits per heavy atom. The van der Waals surface area contributed by atoms with Gasteiger partial charge in [0.2, 0.25) is 5.91 Å². The molecule has 1 heterocycles. The summed E-state index contributed by atoms with van der Waals surface area (Å²) in [7, 11) is 0. The van der Waals surface area contributed by atoms with E-state index in [1.165, 1.54) is 11.1 Å². The van der Waals surface area contributed by atoms with Gasteiger partial charge in [0.15, 0.2) is 0 Å². The normalized spacial score (nSPS) is 19.3. The molecule has 0 aromatic heterocycles. The number of nitrogens with two attached hydrogens (primary N) is 1. The van der Waals surface area contributed by atoms with Crippen molar-refractivity contribution in [1.82, 2.24) is 10.2 Å². The van der Waals surface area contributed by atoms with Gasteiger partial charge in [-0.05, 0) is 37.5 Å². The number of carbonyl (C=O) groups excluding carboxylic acids is 1. The number of hydrogen-bond donors (Lipinski definition) is 2. The van der Waals surface area contributed by atoms with Gasteiger partial charge in [0.05, 0.1) is 5.54 Å². The van der Waals surface area contributed by atoms with Gasteiger partial charge in [0.1, 0.15) is 0 Å². The lowest BCUT2D eigenvalue weighted by Crippen LogP contribution is -2.61. The monoisotopic (exact) mass is 261 g/mol. The van der Waals surface area contributed by atoms with Crippen LogP contribution in [0, 0.1) is 6.92 Å². The molecule has 1 aromatic rings. The number of amides is 1. The Bertz CT molecular complexity index is 482. The largest absolute Gasteiger partial charge is 0.353 e. The molecule has 0 saturated carbocycles. The van der Waals surface area contributed by atoms with Crippen LogP contribution in [0.4, 0.5) is 0 Å². The van der Waals surface area contributed by atoms with Crippen LogP contribution in [0.1, 0.15) is 30.5 Å². The summed E-state index contributed by atoms with van der Waals surface area (Å²) in [6.07, 6.45) is 0. The zero-order valence-corrected chi connectivity index (χ0v) is 12.0. The van der Waals surface area contributed by atoms with E-state index >= 15 is 0 Å². The van der Waals surface area contributed by atoms with E-state index in [-0.39, 0.29) is 5.91 Å². The van der Waals surface area contributed by atoms with Crippen LogP contribution in [-0.4, -0.2) is 29.4 Å². The van der Waals surface area contributed by atoms with E-state index in [9.17, 15) is 4.79 Å². The summed E-state index contributed by atoms with van der Waals surface area (Å²) in [5, 5.41) is 2.92. The highest BCUT2D eigenvalue weighted by Gasteiger charge is 2.37. The van der Waals surface area contributed by atoms with Crippen LogP contribution in [0.15, 0.2) is 18.2 Å². The summed E-state index contributed by atoms with van der Waals surface area (Å²) in [4.78, 5) is 14.2. The topological polar surface area (TPSA) is 58.4 Å². The summed E-state index contributed by atoms with van der Waals surface area (Å²) in [6, 6.07) is 6.33. The molecule has 4 heteroatoms. The van der Waals surface area contributed by atoms with Gasteiger partial charge in [-0.3, -0.25) is 9.69 Å². The van der Waals surface area contributed by atoms with Crippen molar-refractivity contribution in [3.8, 4) is 0 Å². The van der Waals surface area contributed by atoms with Crippen molar-refractivity contribution in [2.45, 2.75) is 39.4 Å². The third-order valence-electron chi connectivity index (χ3n) is 4.02. The van der Waals surface area contributed by atoms with E-state index in [4.69, 9.17) is 5.73 Å². The highest BCUT2D eigenvalue weighted by atomic mass is 16.2. The summed E-state index contributed by atoms with van der Waals surface area (Å²) < 4.78 is 0. The first-order chi connectivity index (χ1) is 8.95. The van der Waals surface area contributed by atoms with E-state index in [1.54, 1.807) is 0 Å². The van der Waals surface area contributed by atoms with Crippen LogP contribution in [0.3, 0.4) is 0 Å².